The molecule has 112 valence electrons. The molecule has 2 aromatic rings. The minimum absolute atomic E-state index is 0.00451. The fourth-order valence-electron chi connectivity index (χ4n) is 2.54. The summed E-state index contributed by atoms with van der Waals surface area (Å²) in [6.07, 6.45) is -4.04. The molecule has 0 aliphatic carbocycles. The van der Waals surface area contributed by atoms with Crippen LogP contribution in [0.2, 0.25) is 0 Å². The number of aromatic nitrogens is 3. The topological polar surface area (TPSA) is 77.0 Å². The van der Waals surface area contributed by atoms with E-state index in [0.29, 0.717) is 5.82 Å². The molecule has 2 heterocycles. The lowest BCUT2D eigenvalue weighted by atomic mass is 9.98. The van der Waals surface area contributed by atoms with Crippen LogP contribution >= 0.6 is 0 Å². The average molecular weight is 298 g/mol. The predicted molar refractivity (Wildman–Crippen MR) is 69.4 cm³/mol. The molecule has 1 aliphatic rings. The molecule has 3 N–H and O–H groups in total. The van der Waals surface area contributed by atoms with Gasteiger partial charge in [-0.2, -0.15) is 13.2 Å². The van der Waals surface area contributed by atoms with Crippen molar-refractivity contribution in [3.8, 4) is 17.1 Å². The van der Waals surface area contributed by atoms with E-state index < -0.39 is 12.1 Å². The Hall–Kier alpha value is -2.25. The number of phenolic OH excluding ortho intramolecular Hbond substituents is 1. The van der Waals surface area contributed by atoms with Gasteiger partial charge in [-0.05, 0) is 18.6 Å². The first-order valence-electron chi connectivity index (χ1n) is 6.44. The van der Waals surface area contributed by atoms with Crippen LogP contribution in [0.15, 0.2) is 18.2 Å². The molecule has 0 amide bonds. The number of alkyl halides is 3. The summed E-state index contributed by atoms with van der Waals surface area (Å²) in [6, 6.07) is 4.67. The highest BCUT2D eigenvalue weighted by Crippen LogP contribution is 2.38. The number of rotatable bonds is 1. The van der Waals surface area contributed by atoms with Gasteiger partial charge in [-0.25, -0.2) is 0 Å². The van der Waals surface area contributed by atoms with Crippen molar-refractivity contribution in [2.75, 3.05) is 5.73 Å². The van der Waals surface area contributed by atoms with E-state index in [4.69, 9.17) is 5.73 Å². The number of benzene rings is 1. The van der Waals surface area contributed by atoms with E-state index in [1.54, 1.807) is 12.1 Å². The van der Waals surface area contributed by atoms with Crippen LogP contribution in [-0.4, -0.2) is 26.0 Å². The van der Waals surface area contributed by atoms with Gasteiger partial charge in [-0.15, -0.1) is 10.2 Å². The molecule has 1 atom stereocenters. The molecular weight excluding hydrogens is 285 g/mol. The van der Waals surface area contributed by atoms with E-state index in [1.807, 2.05) is 0 Å². The maximum absolute atomic E-state index is 12.9. The predicted octanol–water partition coefficient (Wildman–Crippen LogP) is 2.36. The number of anilines is 1. The van der Waals surface area contributed by atoms with Crippen LogP contribution in [0.3, 0.4) is 0 Å². The fourth-order valence-corrected chi connectivity index (χ4v) is 2.54. The summed E-state index contributed by atoms with van der Waals surface area (Å²) in [4.78, 5) is 0. The summed E-state index contributed by atoms with van der Waals surface area (Å²) in [6.45, 7) is -0.241. The van der Waals surface area contributed by atoms with E-state index in [1.165, 1.54) is 10.6 Å². The highest BCUT2D eigenvalue weighted by Gasteiger charge is 2.42. The van der Waals surface area contributed by atoms with Crippen molar-refractivity contribution in [3.63, 3.8) is 0 Å². The zero-order chi connectivity index (χ0) is 15.2. The lowest BCUT2D eigenvalue weighted by Gasteiger charge is -2.26. The van der Waals surface area contributed by atoms with E-state index in [0.717, 1.165) is 0 Å². The monoisotopic (exact) mass is 298 g/mol. The number of phenols is 1. The van der Waals surface area contributed by atoms with E-state index >= 15 is 0 Å². The van der Waals surface area contributed by atoms with Gasteiger partial charge in [0, 0.05) is 13.0 Å². The molecule has 0 saturated carbocycles. The van der Waals surface area contributed by atoms with Gasteiger partial charge in [0.1, 0.15) is 11.6 Å². The fraction of sp³-hybridized carbons (Fsp3) is 0.385. The second-order valence-electron chi connectivity index (χ2n) is 5.07. The number of fused-ring (bicyclic) bond motifs is 1. The molecule has 5 nitrogen and oxygen atoms in total. The van der Waals surface area contributed by atoms with Crippen molar-refractivity contribution in [1.82, 2.24) is 14.8 Å². The van der Waals surface area contributed by atoms with Gasteiger partial charge in [0.05, 0.1) is 17.2 Å². The minimum Gasteiger partial charge on any atom is -0.505 e. The van der Waals surface area contributed by atoms with Crippen molar-refractivity contribution >= 4 is 5.69 Å². The Morgan fingerprint density at radius 3 is 2.76 bits per heavy atom. The normalized spacial score (nSPS) is 18.5. The summed E-state index contributed by atoms with van der Waals surface area (Å²) in [5.41, 5.74) is 6.05. The third-order valence-corrected chi connectivity index (χ3v) is 3.72. The van der Waals surface area contributed by atoms with Gasteiger partial charge in [-0.1, -0.05) is 6.07 Å². The number of para-hydroxylation sites is 1. The molecule has 8 heteroatoms. The first kappa shape index (κ1) is 13.7. The molecule has 21 heavy (non-hydrogen) atoms. The van der Waals surface area contributed by atoms with Crippen molar-refractivity contribution in [2.24, 2.45) is 5.92 Å². The Labute approximate surface area is 118 Å². The number of halogens is 3. The number of hydrogen-bond acceptors (Lipinski definition) is 4. The third kappa shape index (κ3) is 2.30. The summed E-state index contributed by atoms with van der Waals surface area (Å²) < 4.78 is 40.1. The smallest absolute Gasteiger partial charge is 0.393 e. The first-order chi connectivity index (χ1) is 9.88. The van der Waals surface area contributed by atoms with E-state index in [-0.39, 0.29) is 42.2 Å². The summed E-state index contributed by atoms with van der Waals surface area (Å²) in [7, 11) is 0. The maximum atomic E-state index is 12.9. The molecule has 0 spiro atoms. The van der Waals surface area contributed by atoms with Gasteiger partial charge in [-0.3, -0.25) is 0 Å². The van der Waals surface area contributed by atoms with Crippen LogP contribution in [0.5, 0.6) is 5.75 Å². The maximum Gasteiger partial charge on any atom is 0.393 e. The van der Waals surface area contributed by atoms with Crippen LogP contribution in [0.4, 0.5) is 18.9 Å². The number of nitrogens with zero attached hydrogens (tertiary/aromatic N) is 3. The Kier molecular flexibility index (Phi) is 3.03. The second-order valence-corrected chi connectivity index (χ2v) is 5.07. The highest BCUT2D eigenvalue weighted by atomic mass is 19.4. The summed E-state index contributed by atoms with van der Waals surface area (Å²) in [5, 5.41) is 17.8. The number of nitrogens with two attached hydrogens (primary N) is 1. The number of aryl methyl sites for hydroxylation is 1. The molecule has 1 aliphatic heterocycles. The Bertz CT molecular complexity index is 681. The lowest BCUT2D eigenvalue weighted by molar-refractivity contribution is -0.182. The number of hydrogen-bond donors (Lipinski definition) is 2. The Balaban J connectivity index is 2.04. The quantitative estimate of drug-likeness (QED) is 0.626. The number of aromatic hydroxyl groups is 1. The van der Waals surface area contributed by atoms with Gasteiger partial charge in [0.2, 0.25) is 0 Å². The first-order valence-corrected chi connectivity index (χ1v) is 6.44. The van der Waals surface area contributed by atoms with Gasteiger partial charge >= 0.3 is 6.18 Å². The average Bonchev–Trinajstić information content (AvgIpc) is 2.84. The molecule has 0 fully saturated rings. The van der Waals surface area contributed by atoms with Gasteiger partial charge in [0.15, 0.2) is 5.82 Å². The van der Waals surface area contributed by atoms with Crippen molar-refractivity contribution in [3.05, 3.63) is 24.0 Å². The third-order valence-electron chi connectivity index (χ3n) is 3.72. The summed E-state index contributed by atoms with van der Waals surface area (Å²) in [5.74, 6) is -0.916. The molecule has 1 aromatic heterocycles. The van der Waals surface area contributed by atoms with E-state index in [9.17, 15) is 18.3 Å². The number of nitrogen functional groups attached to an aromatic ring is 1. The molecule has 0 saturated heterocycles. The second kappa shape index (κ2) is 4.64. The molecule has 3 rings (SSSR count). The lowest BCUT2D eigenvalue weighted by Crippen LogP contribution is -2.32. The Morgan fingerprint density at radius 1 is 1.29 bits per heavy atom. The molecule has 0 radical (unpaired) electrons. The van der Waals surface area contributed by atoms with Crippen LogP contribution in [0.25, 0.3) is 11.4 Å². The zero-order valence-corrected chi connectivity index (χ0v) is 10.9. The molecule has 0 bridgehead atoms. The molecular formula is C13H13F3N4O. The summed E-state index contributed by atoms with van der Waals surface area (Å²) >= 11 is 0. The van der Waals surface area contributed by atoms with Crippen LogP contribution in [0, 0.1) is 5.92 Å². The van der Waals surface area contributed by atoms with Crippen LogP contribution < -0.4 is 5.73 Å². The van der Waals surface area contributed by atoms with Gasteiger partial charge < -0.3 is 15.4 Å². The SMILES string of the molecule is Nc1cccc(-c2nnc3n2CC(C(F)(F)F)CC3)c1O. The van der Waals surface area contributed by atoms with Crippen molar-refractivity contribution in [1.29, 1.82) is 0 Å². The Morgan fingerprint density at radius 2 is 2.05 bits per heavy atom. The molecule has 1 aromatic carbocycles. The molecule has 1 unspecified atom stereocenters. The van der Waals surface area contributed by atoms with E-state index in [2.05, 4.69) is 10.2 Å². The van der Waals surface area contributed by atoms with Gasteiger partial charge in [0.25, 0.3) is 0 Å². The van der Waals surface area contributed by atoms with Crippen LogP contribution in [0.1, 0.15) is 12.2 Å². The van der Waals surface area contributed by atoms with Crippen molar-refractivity contribution in [2.45, 2.75) is 25.6 Å². The highest BCUT2D eigenvalue weighted by molar-refractivity contribution is 5.72. The minimum atomic E-state index is -4.25. The standard InChI is InChI=1S/C13H13F3N4O/c14-13(15,16)7-4-5-10-18-19-12(20(10)6-7)8-2-1-3-9(17)11(8)21/h1-3,7,21H,4-6,17H2. The largest absolute Gasteiger partial charge is 0.505 e. The van der Waals surface area contributed by atoms with Crippen LogP contribution in [-0.2, 0) is 13.0 Å². The van der Waals surface area contributed by atoms with Crippen molar-refractivity contribution < 1.29 is 18.3 Å². The zero-order valence-electron chi connectivity index (χ0n) is 10.9.